The molecule has 2 fully saturated rings. The van der Waals surface area contributed by atoms with E-state index < -0.39 is 18.3 Å². The van der Waals surface area contributed by atoms with Crippen LogP contribution in [0.1, 0.15) is 40.5 Å². The molecule has 0 radical (unpaired) electrons. The fraction of sp³-hybridized carbons (Fsp3) is 0.600. The van der Waals surface area contributed by atoms with Gasteiger partial charge in [-0.25, -0.2) is 0 Å². The maximum atomic E-state index is 11.9. The van der Waals surface area contributed by atoms with E-state index >= 15 is 0 Å². The van der Waals surface area contributed by atoms with Gasteiger partial charge < -0.3 is 14.2 Å². The number of nitrogens with zero attached hydrogens (tertiary/aromatic N) is 2. The van der Waals surface area contributed by atoms with Gasteiger partial charge in [0, 0.05) is 24.8 Å². The minimum atomic E-state index is -0.493. The number of hydrogen-bond acceptors (Lipinski definition) is 4. The molecule has 2 aliphatic heterocycles. The van der Waals surface area contributed by atoms with Gasteiger partial charge in [-0.2, -0.15) is 0 Å². The molecule has 21 heavy (non-hydrogen) atoms. The van der Waals surface area contributed by atoms with Crippen LogP contribution in [-0.2, 0) is 14.1 Å². The molecule has 3 rings (SSSR count). The van der Waals surface area contributed by atoms with Crippen molar-refractivity contribution >= 4 is 24.3 Å². The number of rotatable bonds is 2. The zero-order valence-electron chi connectivity index (χ0n) is 13.0. The Morgan fingerprint density at radius 3 is 2.48 bits per heavy atom. The largest absolute Gasteiger partial charge is 0.514 e. The molecule has 1 amide bonds. The van der Waals surface area contributed by atoms with Gasteiger partial charge in [-0.3, -0.25) is 9.78 Å². The van der Waals surface area contributed by atoms with E-state index in [1.54, 1.807) is 11.1 Å². The molecule has 6 heteroatoms. The minimum absolute atomic E-state index is 0.168. The summed E-state index contributed by atoms with van der Waals surface area (Å²) >= 11 is 0. The maximum Gasteiger partial charge on any atom is 0.514 e. The average molecular weight is 288 g/mol. The van der Waals surface area contributed by atoms with Crippen LogP contribution in [0.15, 0.2) is 18.3 Å². The van der Waals surface area contributed by atoms with E-state index in [9.17, 15) is 4.79 Å². The van der Waals surface area contributed by atoms with Crippen molar-refractivity contribution in [2.24, 2.45) is 0 Å². The molecule has 3 heterocycles. The minimum Gasteiger partial charge on any atom is -0.398 e. The van der Waals surface area contributed by atoms with Crippen molar-refractivity contribution in [3.05, 3.63) is 18.3 Å². The summed E-state index contributed by atoms with van der Waals surface area (Å²) in [5.74, 6) is 0.168. The lowest BCUT2D eigenvalue weighted by molar-refractivity contribution is -0.117. The second-order valence-corrected chi connectivity index (χ2v) is 6.68. The highest BCUT2D eigenvalue weighted by atomic mass is 16.7. The van der Waals surface area contributed by atoms with Gasteiger partial charge in [-0.05, 0) is 46.2 Å². The molecular weight excluding hydrogens is 267 g/mol. The molecule has 0 aromatic carbocycles. The maximum absolute atomic E-state index is 11.9. The number of carbonyl (C=O) groups excluding carboxylic acids is 1. The smallest absolute Gasteiger partial charge is 0.398 e. The van der Waals surface area contributed by atoms with Crippen LogP contribution in [0.5, 0.6) is 0 Å². The number of aromatic nitrogens is 1. The lowest BCUT2D eigenvalue weighted by Gasteiger charge is -2.32. The van der Waals surface area contributed by atoms with E-state index in [4.69, 9.17) is 9.31 Å². The Balaban J connectivity index is 1.86. The number of carbonyl (C=O) groups is 1. The molecule has 2 saturated heterocycles. The Morgan fingerprint density at radius 1 is 1.24 bits per heavy atom. The molecule has 0 aliphatic carbocycles. The predicted octanol–water partition coefficient (Wildman–Crippen LogP) is 1.51. The highest BCUT2D eigenvalue weighted by Crippen LogP contribution is 2.36. The molecule has 0 bridgehead atoms. The molecule has 2 aliphatic rings. The normalized spacial score (nSPS) is 23.9. The van der Waals surface area contributed by atoms with Crippen molar-refractivity contribution in [1.29, 1.82) is 0 Å². The van der Waals surface area contributed by atoms with Crippen molar-refractivity contribution in [1.82, 2.24) is 4.98 Å². The van der Waals surface area contributed by atoms with E-state index in [0.717, 1.165) is 18.7 Å². The van der Waals surface area contributed by atoms with Gasteiger partial charge in [0.2, 0.25) is 5.91 Å². The van der Waals surface area contributed by atoms with Crippen LogP contribution in [0.2, 0.25) is 0 Å². The quantitative estimate of drug-likeness (QED) is 0.774. The third-order valence-corrected chi connectivity index (χ3v) is 4.64. The molecule has 1 aromatic heterocycles. The average Bonchev–Trinajstić information content (AvgIpc) is 2.92. The third-order valence-electron chi connectivity index (χ3n) is 4.64. The molecule has 0 unspecified atom stereocenters. The van der Waals surface area contributed by atoms with Crippen LogP contribution < -0.4 is 10.5 Å². The van der Waals surface area contributed by atoms with Crippen molar-refractivity contribution < 1.29 is 14.1 Å². The first-order chi connectivity index (χ1) is 9.80. The Kier molecular flexibility index (Phi) is 3.33. The summed E-state index contributed by atoms with van der Waals surface area (Å²) in [7, 11) is -0.493. The van der Waals surface area contributed by atoms with Crippen LogP contribution in [-0.4, -0.2) is 35.8 Å². The van der Waals surface area contributed by atoms with Crippen LogP contribution in [0.25, 0.3) is 0 Å². The van der Waals surface area contributed by atoms with Gasteiger partial charge in [-0.1, -0.05) is 0 Å². The fourth-order valence-corrected chi connectivity index (χ4v) is 2.62. The summed E-state index contributed by atoms with van der Waals surface area (Å²) < 4.78 is 12.0. The van der Waals surface area contributed by atoms with Crippen LogP contribution in [0.3, 0.4) is 0 Å². The zero-order valence-corrected chi connectivity index (χ0v) is 13.0. The number of pyridine rings is 1. The molecule has 0 atom stereocenters. The molecule has 0 N–H and O–H groups in total. The first kappa shape index (κ1) is 14.5. The van der Waals surface area contributed by atoms with Crippen molar-refractivity contribution in [2.75, 3.05) is 11.4 Å². The Morgan fingerprint density at radius 2 is 1.90 bits per heavy atom. The SMILES string of the molecule is CC1(C)OB(c2cc(N3CCCC3=O)ccn2)OC1(C)C. The van der Waals surface area contributed by atoms with E-state index in [1.807, 2.05) is 39.8 Å². The number of amides is 1. The third kappa shape index (κ3) is 2.47. The van der Waals surface area contributed by atoms with Crippen molar-refractivity contribution in [3.63, 3.8) is 0 Å². The van der Waals surface area contributed by atoms with E-state index in [0.29, 0.717) is 12.0 Å². The van der Waals surface area contributed by atoms with Crippen molar-refractivity contribution in [3.8, 4) is 0 Å². The van der Waals surface area contributed by atoms with Gasteiger partial charge in [0.05, 0.1) is 16.8 Å². The standard InChI is InChI=1S/C15H21BN2O3/c1-14(2)15(3,4)21-16(20-14)12-10-11(7-8-17-12)18-9-5-6-13(18)19/h7-8,10H,5-6,9H2,1-4H3. The Hall–Kier alpha value is -1.40. The predicted molar refractivity (Wildman–Crippen MR) is 81.5 cm³/mol. The molecule has 0 saturated carbocycles. The summed E-state index contributed by atoms with van der Waals surface area (Å²) in [6.07, 6.45) is 3.24. The highest BCUT2D eigenvalue weighted by Gasteiger charge is 2.52. The van der Waals surface area contributed by atoms with Gasteiger partial charge in [-0.15, -0.1) is 0 Å². The zero-order chi connectivity index (χ0) is 15.3. The second-order valence-electron chi connectivity index (χ2n) is 6.68. The molecule has 5 nitrogen and oxygen atoms in total. The first-order valence-electron chi connectivity index (χ1n) is 7.42. The monoisotopic (exact) mass is 288 g/mol. The van der Waals surface area contributed by atoms with Gasteiger partial charge >= 0.3 is 7.12 Å². The van der Waals surface area contributed by atoms with Crippen LogP contribution in [0, 0.1) is 0 Å². The van der Waals surface area contributed by atoms with E-state index in [-0.39, 0.29) is 5.91 Å². The second kappa shape index (κ2) is 4.82. The molecule has 112 valence electrons. The lowest BCUT2D eigenvalue weighted by atomic mass is 9.84. The van der Waals surface area contributed by atoms with E-state index in [1.165, 1.54) is 0 Å². The van der Waals surface area contributed by atoms with E-state index in [2.05, 4.69) is 4.98 Å². The Labute approximate surface area is 125 Å². The summed E-state index contributed by atoms with van der Waals surface area (Å²) in [5.41, 5.74) is 0.806. The van der Waals surface area contributed by atoms with Gasteiger partial charge in [0.15, 0.2) is 0 Å². The summed E-state index contributed by atoms with van der Waals surface area (Å²) in [4.78, 5) is 18.0. The molecular formula is C15H21BN2O3. The van der Waals surface area contributed by atoms with Crippen molar-refractivity contribution in [2.45, 2.75) is 51.7 Å². The topological polar surface area (TPSA) is 51.7 Å². The highest BCUT2D eigenvalue weighted by molar-refractivity contribution is 6.61. The summed E-state index contributed by atoms with van der Waals surface area (Å²) in [6.45, 7) is 8.83. The lowest BCUT2D eigenvalue weighted by Crippen LogP contribution is -2.41. The summed E-state index contributed by atoms with van der Waals surface area (Å²) in [6, 6.07) is 3.75. The van der Waals surface area contributed by atoms with Crippen LogP contribution >= 0.6 is 0 Å². The molecule has 1 aromatic rings. The summed E-state index contributed by atoms with van der Waals surface area (Å²) in [5, 5.41) is 0. The van der Waals surface area contributed by atoms with Gasteiger partial charge in [0.1, 0.15) is 0 Å². The number of hydrogen-bond donors (Lipinski definition) is 0. The first-order valence-corrected chi connectivity index (χ1v) is 7.42. The fourth-order valence-electron chi connectivity index (χ4n) is 2.62. The number of anilines is 1. The Bertz CT molecular complexity index is 558. The van der Waals surface area contributed by atoms with Crippen LogP contribution in [0.4, 0.5) is 5.69 Å². The molecule has 0 spiro atoms. The van der Waals surface area contributed by atoms with Gasteiger partial charge in [0.25, 0.3) is 0 Å².